The quantitative estimate of drug-likeness (QED) is 0.911. The molecule has 1 saturated carbocycles. The first kappa shape index (κ1) is 15.4. The first-order chi connectivity index (χ1) is 11.7. The summed E-state index contributed by atoms with van der Waals surface area (Å²) in [5.74, 6) is 0.518. The largest absolute Gasteiger partial charge is 0.341 e. The first-order valence-corrected chi connectivity index (χ1v) is 9.26. The van der Waals surface area contributed by atoms with E-state index in [1.54, 1.807) is 21.7 Å². The third-order valence-electron chi connectivity index (χ3n) is 4.60. The summed E-state index contributed by atoms with van der Waals surface area (Å²) in [5, 5.41) is 2.96. The van der Waals surface area contributed by atoms with Crippen molar-refractivity contribution in [2.24, 2.45) is 5.92 Å². The number of nitrogens with zero attached hydrogens (tertiary/aromatic N) is 3. The number of hydrogen-bond donors (Lipinski definition) is 1. The van der Waals surface area contributed by atoms with Crippen LogP contribution in [0.25, 0.3) is 10.2 Å². The maximum absolute atomic E-state index is 12.5. The van der Waals surface area contributed by atoms with Gasteiger partial charge in [0.1, 0.15) is 0 Å². The summed E-state index contributed by atoms with van der Waals surface area (Å²) in [5.41, 5.74) is 3.53. The summed E-state index contributed by atoms with van der Waals surface area (Å²) >= 11 is 1.56. The maximum atomic E-state index is 12.5. The van der Waals surface area contributed by atoms with E-state index in [0.29, 0.717) is 19.6 Å². The van der Waals surface area contributed by atoms with Crippen molar-refractivity contribution in [3.05, 3.63) is 23.7 Å². The van der Waals surface area contributed by atoms with Gasteiger partial charge in [-0.3, -0.25) is 4.79 Å². The Balaban J connectivity index is 1.37. The van der Waals surface area contributed by atoms with E-state index in [4.69, 9.17) is 0 Å². The molecule has 3 amide bonds. The molecule has 0 radical (unpaired) electrons. The van der Waals surface area contributed by atoms with Gasteiger partial charge in [0.15, 0.2) is 0 Å². The summed E-state index contributed by atoms with van der Waals surface area (Å²) in [7, 11) is 0. The Morgan fingerprint density at radius 2 is 1.92 bits per heavy atom. The number of amides is 3. The van der Waals surface area contributed by atoms with Crippen LogP contribution in [0.4, 0.5) is 10.5 Å². The Kier molecular flexibility index (Phi) is 4.10. The minimum atomic E-state index is -0.0976. The van der Waals surface area contributed by atoms with Crippen LogP contribution in [0.15, 0.2) is 23.7 Å². The lowest BCUT2D eigenvalue weighted by Crippen LogP contribution is -2.39. The van der Waals surface area contributed by atoms with Crippen molar-refractivity contribution in [2.45, 2.75) is 19.3 Å². The SMILES string of the molecule is O=C(Nc1ccc2ncsc2c1)N1CCCN(C(=O)C2CC2)CC1. The van der Waals surface area contributed by atoms with E-state index in [1.165, 1.54) is 0 Å². The molecule has 0 unspecified atom stereocenters. The number of hydrogen-bond acceptors (Lipinski definition) is 4. The van der Waals surface area contributed by atoms with Gasteiger partial charge in [-0.05, 0) is 37.5 Å². The Morgan fingerprint density at radius 3 is 2.75 bits per heavy atom. The number of urea groups is 1. The predicted octanol–water partition coefficient (Wildman–Crippen LogP) is 2.77. The van der Waals surface area contributed by atoms with Crippen molar-refractivity contribution in [3.63, 3.8) is 0 Å². The maximum Gasteiger partial charge on any atom is 0.321 e. The molecule has 2 aromatic rings. The molecule has 1 aromatic carbocycles. The van der Waals surface area contributed by atoms with E-state index in [1.807, 2.05) is 23.1 Å². The van der Waals surface area contributed by atoms with E-state index in [9.17, 15) is 9.59 Å². The molecular formula is C17H20N4O2S. The fourth-order valence-electron chi connectivity index (χ4n) is 3.06. The van der Waals surface area contributed by atoms with Crippen molar-refractivity contribution in [2.75, 3.05) is 31.5 Å². The van der Waals surface area contributed by atoms with Crippen LogP contribution in [0.5, 0.6) is 0 Å². The normalized spacial score (nSPS) is 18.5. The number of benzene rings is 1. The molecule has 1 aliphatic carbocycles. The zero-order valence-electron chi connectivity index (χ0n) is 13.4. The number of thiazole rings is 1. The standard InChI is InChI=1S/C17H20N4O2S/c22-16(12-2-3-12)20-6-1-7-21(9-8-20)17(23)19-13-4-5-14-15(10-13)24-11-18-14/h4-5,10-12H,1-3,6-9H2,(H,19,23). The Hall–Kier alpha value is -2.15. The number of nitrogens with one attached hydrogen (secondary N) is 1. The number of fused-ring (bicyclic) bond motifs is 1. The average Bonchev–Trinajstić information content (AvgIpc) is 3.37. The highest BCUT2D eigenvalue weighted by Crippen LogP contribution is 2.31. The van der Waals surface area contributed by atoms with Crippen LogP contribution in [0.2, 0.25) is 0 Å². The topological polar surface area (TPSA) is 65.5 Å². The molecule has 126 valence electrons. The van der Waals surface area contributed by atoms with Crippen LogP contribution in [-0.2, 0) is 4.79 Å². The van der Waals surface area contributed by atoms with Crippen LogP contribution in [0.3, 0.4) is 0 Å². The molecule has 2 heterocycles. The molecule has 1 aromatic heterocycles. The number of carbonyl (C=O) groups excluding carboxylic acids is 2. The Morgan fingerprint density at radius 1 is 1.12 bits per heavy atom. The van der Waals surface area contributed by atoms with Crippen LogP contribution >= 0.6 is 11.3 Å². The summed E-state index contributed by atoms with van der Waals surface area (Å²) in [6, 6.07) is 5.64. The molecule has 0 spiro atoms. The van der Waals surface area contributed by atoms with Crippen molar-refractivity contribution >= 4 is 39.2 Å². The second-order valence-electron chi connectivity index (χ2n) is 6.41. The lowest BCUT2D eigenvalue weighted by atomic mass is 10.3. The van der Waals surface area contributed by atoms with E-state index in [-0.39, 0.29) is 17.9 Å². The zero-order valence-corrected chi connectivity index (χ0v) is 14.2. The summed E-state index contributed by atoms with van der Waals surface area (Å²) in [6.45, 7) is 2.67. The molecule has 1 saturated heterocycles. The van der Waals surface area contributed by atoms with Gasteiger partial charge in [0, 0.05) is 37.8 Å². The van der Waals surface area contributed by atoms with Crippen molar-refractivity contribution in [3.8, 4) is 0 Å². The van der Waals surface area contributed by atoms with E-state index in [0.717, 1.165) is 41.7 Å². The van der Waals surface area contributed by atoms with Gasteiger partial charge in [0.25, 0.3) is 0 Å². The van der Waals surface area contributed by atoms with E-state index in [2.05, 4.69) is 10.3 Å². The second kappa shape index (κ2) is 6.39. The lowest BCUT2D eigenvalue weighted by Gasteiger charge is -2.22. The van der Waals surface area contributed by atoms with Gasteiger partial charge < -0.3 is 15.1 Å². The zero-order chi connectivity index (χ0) is 16.5. The molecule has 2 fully saturated rings. The van der Waals surface area contributed by atoms with Gasteiger partial charge in [-0.15, -0.1) is 11.3 Å². The Bertz CT molecular complexity index is 771. The summed E-state index contributed by atoms with van der Waals surface area (Å²) in [6.07, 6.45) is 2.89. The molecule has 0 bridgehead atoms. The molecule has 4 rings (SSSR count). The van der Waals surface area contributed by atoms with Gasteiger partial charge in [-0.25, -0.2) is 9.78 Å². The van der Waals surface area contributed by atoms with E-state index >= 15 is 0 Å². The molecule has 7 heteroatoms. The summed E-state index contributed by atoms with van der Waals surface area (Å²) in [4.78, 5) is 32.7. The van der Waals surface area contributed by atoms with Gasteiger partial charge >= 0.3 is 6.03 Å². The highest BCUT2D eigenvalue weighted by molar-refractivity contribution is 7.16. The predicted molar refractivity (Wildman–Crippen MR) is 94.1 cm³/mol. The lowest BCUT2D eigenvalue weighted by molar-refractivity contribution is -0.132. The van der Waals surface area contributed by atoms with Crippen LogP contribution in [0, 0.1) is 5.92 Å². The number of aromatic nitrogens is 1. The second-order valence-corrected chi connectivity index (χ2v) is 7.29. The molecule has 24 heavy (non-hydrogen) atoms. The average molecular weight is 344 g/mol. The van der Waals surface area contributed by atoms with Gasteiger partial charge in [-0.1, -0.05) is 0 Å². The smallest absolute Gasteiger partial charge is 0.321 e. The third kappa shape index (κ3) is 3.21. The van der Waals surface area contributed by atoms with Crippen LogP contribution in [-0.4, -0.2) is 52.9 Å². The van der Waals surface area contributed by atoms with Crippen molar-refractivity contribution in [1.82, 2.24) is 14.8 Å². The fourth-order valence-corrected chi connectivity index (χ4v) is 3.78. The summed E-state index contributed by atoms with van der Waals surface area (Å²) < 4.78 is 1.06. The monoisotopic (exact) mass is 344 g/mol. The van der Waals surface area contributed by atoms with Crippen molar-refractivity contribution in [1.29, 1.82) is 0 Å². The van der Waals surface area contributed by atoms with E-state index < -0.39 is 0 Å². The molecule has 1 aliphatic heterocycles. The molecule has 1 N–H and O–H groups in total. The first-order valence-electron chi connectivity index (χ1n) is 8.39. The highest BCUT2D eigenvalue weighted by atomic mass is 32.1. The Labute approximate surface area is 144 Å². The number of rotatable bonds is 2. The molecule has 0 atom stereocenters. The highest BCUT2D eigenvalue weighted by Gasteiger charge is 2.34. The third-order valence-corrected chi connectivity index (χ3v) is 5.40. The molecule has 2 aliphatic rings. The molecular weight excluding hydrogens is 324 g/mol. The van der Waals surface area contributed by atoms with Crippen molar-refractivity contribution < 1.29 is 9.59 Å². The fraction of sp³-hybridized carbons (Fsp3) is 0.471. The number of carbonyl (C=O) groups is 2. The van der Waals surface area contributed by atoms with Crippen LogP contribution in [0.1, 0.15) is 19.3 Å². The van der Waals surface area contributed by atoms with Gasteiger partial charge in [0.2, 0.25) is 5.91 Å². The molecule has 6 nitrogen and oxygen atoms in total. The van der Waals surface area contributed by atoms with Gasteiger partial charge in [-0.2, -0.15) is 0 Å². The minimum absolute atomic E-state index is 0.0976. The van der Waals surface area contributed by atoms with Gasteiger partial charge in [0.05, 0.1) is 15.7 Å². The van der Waals surface area contributed by atoms with Crippen LogP contribution < -0.4 is 5.32 Å². The minimum Gasteiger partial charge on any atom is -0.341 e. The number of anilines is 1.